The summed E-state index contributed by atoms with van der Waals surface area (Å²) in [4.78, 5) is 18.3. The highest BCUT2D eigenvalue weighted by molar-refractivity contribution is 5.93. The van der Waals surface area contributed by atoms with Gasteiger partial charge in [-0.25, -0.2) is 0 Å². The number of nitrogens with zero attached hydrogens (tertiary/aromatic N) is 2. The molecule has 3 rings (SSSR count). The first-order chi connectivity index (χ1) is 11.3. The number of carbonyl (C=O) groups excluding carboxylic acids is 1. The van der Waals surface area contributed by atoms with Crippen LogP contribution in [0.3, 0.4) is 0 Å². The molecule has 1 saturated heterocycles. The summed E-state index contributed by atoms with van der Waals surface area (Å²) in [6, 6.07) is 12.3. The first kappa shape index (κ1) is 15.6. The fourth-order valence-corrected chi connectivity index (χ4v) is 2.98. The Hall–Kier alpha value is -2.24. The van der Waals surface area contributed by atoms with Gasteiger partial charge < -0.3 is 10.6 Å². The van der Waals surface area contributed by atoms with Gasteiger partial charge in [0.05, 0.1) is 0 Å². The molecule has 0 radical (unpaired) electrons. The predicted molar refractivity (Wildman–Crippen MR) is 90.1 cm³/mol. The highest BCUT2D eigenvalue weighted by Crippen LogP contribution is 2.23. The Kier molecular flexibility index (Phi) is 5.00. The second-order valence-corrected chi connectivity index (χ2v) is 5.75. The molecule has 0 aliphatic carbocycles. The number of carbonyl (C=O) groups is 1. The predicted octanol–water partition coefficient (Wildman–Crippen LogP) is 1.59. The van der Waals surface area contributed by atoms with Crippen molar-refractivity contribution >= 4 is 5.91 Å². The van der Waals surface area contributed by atoms with Crippen LogP contribution < -0.4 is 10.6 Å². The molecule has 0 saturated carbocycles. The Bertz CT molecular complexity index is 642. The maximum absolute atomic E-state index is 11.6. The van der Waals surface area contributed by atoms with Gasteiger partial charge in [0.1, 0.15) is 0 Å². The minimum atomic E-state index is -0.0491. The van der Waals surface area contributed by atoms with Gasteiger partial charge in [0.2, 0.25) is 0 Å². The first-order valence-corrected chi connectivity index (χ1v) is 7.93. The van der Waals surface area contributed by atoms with Crippen molar-refractivity contribution in [3.8, 4) is 0 Å². The molecule has 120 valence electrons. The van der Waals surface area contributed by atoms with Crippen molar-refractivity contribution in [1.29, 1.82) is 0 Å². The van der Waals surface area contributed by atoms with Crippen molar-refractivity contribution in [2.75, 3.05) is 26.7 Å². The third kappa shape index (κ3) is 3.75. The van der Waals surface area contributed by atoms with Crippen LogP contribution in [0.1, 0.15) is 27.5 Å². The van der Waals surface area contributed by atoms with Gasteiger partial charge in [-0.1, -0.05) is 18.2 Å². The van der Waals surface area contributed by atoms with Gasteiger partial charge >= 0.3 is 0 Å². The molecule has 5 heteroatoms. The molecule has 23 heavy (non-hydrogen) atoms. The number of hydrogen-bond acceptors (Lipinski definition) is 4. The molecule has 1 unspecified atom stereocenters. The van der Waals surface area contributed by atoms with E-state index >= 15 is 0 Å². The molecule has 1 aliphatic rings. The highest BCUT2D eigenvalue weighted by atomic mass is 16.1. The molecule has 2 N–H and O–H groups in total. The largest absolute Gasteiger partial charge is 0.355 e. The number of aromatic nitrogens is 1. The lowest BCUT2D eigenvalue weighted by molar-refractivity contribution is 0.0963. The third-order valence-electron chi connectivity index (χ3n) is 4.25. The van der Waals surface area contributed by atoms with Crippen LogP contribution in [0.4, 0.5) is 0 Å². The Morgan fingerprint density at radius 3 is 2.87 bits per heavy atom. The normalized spacial score (nSPS) is 18.6. The Labute approximate surface area is 136 Å². The van der Waals surface area contributed by atoms with Gasteiger partial charge in [0.25, 0.3) is 5.91 Å². The lowest BCUT2D eigenvalue weighted by Gasteiger charge is -2.36. The maximum Gasteiger partial charge on any atom is 0.251 e. The molecule has 1 atom stereocenters. The van der Waals surface area contributed by atoms with Crippen molar-refractivity contribution in [3.05, 3.63) is 65.5 Å². The summed E-state index contributed by atoms with van der Waals surface area (Å²) < 4.78 is 0. The molecule has 1 amide bonds. The number of hydrogen-bond donors (Lipinski definition) is 2. The monoisotopic (exact) mass is 310 g/mol. The lowest BCUT2D eigenvalue weighted by atomic mass is 10.0. The van der Waals surface area contributed by atoms with Crippen LogP contribution in [0.2, 0.25) is 0 Å². The molecule has 0 spiro atoms. The van der Waals surface area contributed by atoms with E-state index in [1.165, 1.54) is 11.1 Å². The number of nitrogens with one attached hydrogen (secondary N) is 2. The Morgan fingerprint density at radius 1 is 1.35 bits per heavy atom. The molecule has 0 bridgehead atoms. The van der Waals surface area contributed by atoms with Crippen LogP contribution in [0.25, 0.3) is 0 Å². The first-order valence-electron chi connectivity index (χ1n) is 7.93. The van der Waals surface area contributed by atoms with Gasteiger partial charge in [-0.15, -0.1) is 0 Å². The number of benzene rings is 1. The quantitative estimate of drug-likeness (QED) is 0.900. The van der Waals surface area contributed by atoms with Crippen molar-refractivity contribution in [2.45, 2.75) is 12.6 Å². The molecule has 1 aromatic heterocycles. The summed E-state index contributed by atoms with van der Waals surface area (Å²) >= 11 is 0. The highest BCUT2D eigenvalue weighted by Gasteiger charge is 2.23. The van der Waals surface area contributed by atoms with Crippen molar-refractivity contribution < 1.29 is 4.79 Å². The number of piperazine rings is 1. The van der Waals surface area contributed by atoms with Crippen LogP contribution in [-0.4, -0.2) is 42.5 Å². The summed E-state index contributed by atoms with van der Waals surface area (Å²) in [5, 5.41) is 6.10. The molecular formula is C18H22N4O. The average Bonchev–Trinajstić information content (AvgIpc) is 2.63. The van der Waals surface area contributed by atoms with Crippen LogP contribution in [0, 0.1) is 0 Å². The van der Waals surface area contributed by atoms with Crippen LogP contribution in [-0.2, 0) is 6.54 Å². The molecule has 2 aromatic rings. The average molecular weight is 310 g/mol. The van der Waals surface area contributed by atoms with E-state index in [0.29, 0.717) is 11.6 Å². The van der Waals surface area contributed by atoms with E-state index in [-0.39, 0.29) is 5.91 Å². The van der Waals surface area contributed by atoms with Crippen LogP contribution in [0.5, 0.6) is 0 Å². The number of rotatable bonds is 4. The third-order valence-corrected chi connectivity index (χ3v) is 4.25. The molecule has 5 nitrogen and oxygen atoms in total. The topological polar surface area (TPSA) is 57.3 Å². The molecule has 2 heterocycles. The van der Waals surface area contributed by atoms with Gasteiger partial charge in [-0.2, -0.15) is 0 Å². The van der Waals surface area contributed by atoms with Gasteiger partial charge in [0, 0.05) is 57.2 Å². The van der Waals surface area contributed by atoms with E-state index in [4.69, 9.17) is 0 Å². The van der Waals surface area contributed by atoms with E-state index in [0.717, 1.165) is 26.2 Å². The summed E-state index contributed by atoms with van der Waals surface area (Å²) in [7, 11) is 1.65. The minimum absolute atomic E-state index is 0.0491. The van der Waals surface area contributed by atoms with E-state index in [1.807, 2.05) is 42.7 Å². The Balaban J connectivity index is 1.73. The van der Waals surface area contributed by atoms with Crippen LogP contribution in [0.15, 0.2) is 48.8 Å². The van der Waals surface area contributed by atoms with E-state index in [2.05, 4.69) is 26.6 Å². The molecular weight excluding hydrogens is 288 g/mol. The zero-order valence-electron chi connectivity index (χ0n) is 13.3. The second kappa shape index (κ2) is 7.35. The van der Waals surface area contributed by atoms with Crippen molar-refractivity contribution in [2.24, 2.45) is 0 Å². The molecule has 1 aromatic carbocycles. The lowest BCUT2D eigenvalue weighted by Crippen LogP contribution is -2.45. The summed E-state index contributed by atoms with van der Waals surface area (Å²) in [5.41, 5.74) is 3.15. The van der Waals surface area contributed by atoms with Crippen LogP contribution >= 0.6 is 0 Å². The van der Waals surface area contributed by atoms with Gasteiger partial charge in [-0.3, -0.25) is 14.7 Å². The SMILES string of the molecule is CNC(=O)c1ccc(CN2CCNCC2c2cccnc2)cc1. The number of pyridine rings is 1. The van der Waals surface area contributed by atoms with E-state index in [1.54, 1.807) is 7.05 Å². The van der Waals surface area contributed by atoms with Gasteiger partial charge in [-0.05, 0) is 29.3 Å². The zero-order valence-corrected chi connectivity index (χ0v) is 13.3. The summed E-state index contributed by atoms with van der Waals surface area (Å²) in [5.74, 6) is -0.0491. The molecule has 1 aliphatic heterocycles. The maximum atomic E-state index is 11.6. The van der Waals surface area contributed by atoms with Crippen molar-refractivity contribution in [3.63, 3.8) is 0 Å². The van der Waals surface area contributed by atoms with E-state index < -0.39 is 0 Å². The minimum Gasteiger partial charge on any atom is -0.355 e. The van der Waals surface area contributed by atoms with Gasteiger partial charge in [0.15, 0.2) is 0 Å². The second-order valence-electron chi connectivity index (χ2n) is 5.75. The molecule has 1 fully saturated rings. The smallest absolute Gasteiger partial charge is 0.251 e. The fourth-order valence-electron chi connectivity index (χ4n) is 2.98. The summed E-state index contributed by atoms with van der Waals surface area (Å²) in [6.45, 7) is 3.79. The summed E-state index contributed by atoms with van der Waals surface area (Å²) in [6.07, 6.45) is 3.75. The standard InChI is InChI=1S/C18H22N4O/c1-19-18(23)15-6-4-14(5-7-15)13-22-10-9-21-12-17(22)16-3-2-8-20-11-16/h2-8,11,17,21H,9-10,12-13H2,1H3,(H,19,23). The van der Waals surface area contributed by atoms with E-state index in [9.17, 15) is 4.79 Å². The van der Waals surface area contributed by atoms with Crippen molar-refractivity contribution in [1.82, 2.24) is 20.5 Å². The Morgan fingerprint density at radius 2 is 2.17 bits per heavy atom. The fraction of sp³-hybridized carbons (Fsp3) is 0.333. The zero-order chi connectivity index (χ0) is 16.1. The number of amides is 1.